The highest BCUT2D eigenvalue weighted by Crippen LogP contribution is 2.24. The first-order valence-corrected chi connectivity index (χ1v) is 5.30. The number of hydrogen-bond donors (Lipinski definition) is 1. The summed E-state index contributed by atoms with van der Waals surface area (Å²) in [5.74, 6) is 0.565. The molecule has 0 radical (unpaired) electrons. The molecule has 0 bridgehead atoms. The Hall–Kier alpha value is -0.730. The van der Waals surface area contributed by atoms with Crippen LogP contribution in [0.4, 0.5) is 4.79 Å². The molecule has 0 heterocycles. The molecular weight excluding hydrogens is 176 g/mol. The van der Waals surface area contributed by atoms with Crippen molar-refractivity contribution in [3.63, 3.8) is 0 Å². The molecule has 84 valence electrons. The third-order valence-electron chi connectivity index (χ3n) is 3.08. The Bertz CT molecular complexity index is 188. The molecule has 0 rings (SSSR count). The van der Waals surface area contributed by atoms with Crippen LogP contribution in [0.3, 0.4) is 0 Å². The quantitative estimate of drug-likeness (QED) is 0.742. The van der Waals surface area contributed by atoms with Gasteiger partial charge in [-0.05, 0) is 18.3 Å². The van der Waals surface area contributed by atoms with Gasteiger partial charge in [0.15, 0.2) is 0 Å². The third kappa shape index (κ3) is 3.99. The van der Waals surface area contributed by atoms with Crippen molar-refractivity contribution in [1.82, 2.24) is 10.2 Å². The molecule has 0 saturated heterocycles. The molecule has 0 aromatic carbocycles. The average molecular weight is 200 g/mol. The molecule has 0 spiro atoms. The fourth-order valence-electron chi connectivity index (χ4n) is 0.786. The van der Waals surface area contributed by atoms with E-state index in [0.29, 0.717) is 5.92 Å². The maximum atomic E-state index is 11.5. The van der Waals surface area contributed by atoms with Crippen LogP contribution in [0.2, 0.25) is 0 Å². The average Bonchev–Trinajstić information content (AvgIpc) is 2.12. The first kappa shape index (κ1) is 13.3. The van der Waals surface area contributed by atoms with Gasteiger partial charge in [0, 0.05) is 20.1 Å². The van der Waals surface area contributed by atoms with Crippen molar-refractivity contribution in [3.8, 4) is 0 Å². The zero-order chi connectivity index (χ0) is 11.4. The van der Waals surface area contributed by atoms with Crippen LogP contribution in [0.5, 0.6) is 0 Å². The Morgan fingerprint density at radius 3 is 2.29 bits per heavy atom. The van der Waals surface area contributed by atoms with Crippen molar-refractivity contribution in [3.05, 3.63) is 0 Å². The molecular formula is C11H24N2O. The topological polar surface area (TPSA) is 32.3 Å². The molecule has 1 N–H and O–H groups in total. The second kappa shape index (κ2) is 5.23. The largest absolute Gasteiger partial charge is 0.337 e. The highest BCUT2D eigenvalue weighted by Gasteiger charge is 2.23. The Morgan fingerprint density at radius 1 is 1.43 bits per heavy atom. The number of urea groups is 1. The van der Waals surface area contributed by atoms with Crippen molar-refractivity contribution in [1.29, 1.82) is 0 Å². The van der Waals surface area contributed by atoms with Crippen LogP contribution in [0, 0.1) is 11.3 Å². The van der Waals surface area contributed by atoms with Crippen molar-refractivity contribution in [2.75, 3.05) is 20.1 Å². The number of hydrogen-bond acceptors (Lipinski definition) is 1. The van der Waals surface area contributed by atoms with Gasteiger partial charge in [-0.15, -0.1) is 0 Å². The molecule has 0 fully saturated rings. The minimum absolute atomic E-state index is 0.0150. The summed E-state index contributed by atoms with van der Waals surface area (Å²) in [4.78, 5) is 13.1. The maximum absolute atomic E-state index is 11.5. The lowest BCUT2D eigenvalue weighted by atomic mass is 9.81. The standard InChI is InChI=1S/C11H24N2O/c1-7-13(6)10(14)12-8-11(4,5)9(2)3/h9H,7-8H2,1-6H3,(H,12,14). The fourth-order valence-corrected chi connectivity index (χ4v) is 0.786. The smallest absolute Gasteiger partial charge is 0.317 e. The first-order valence-electron chi connectivity index (χ1n) is 5.30. The molecule has 14 heavy (non-hydrogen) atoms. The Kier molecular flexibility index (Phi) is 4.95. The molecule has 0 saturated carbocycles. The summed E-state index contributed by atoms with van der Waals surface area (Å²) in [6, 6.07) is 0.0150. The first-order chi connectivity index (χ1) is 6.31. The number of carbonyl (C=O) groups excluding carboxylic acids is 1. The van der Waals surface area contributed by atoms with Crippen LogP contribution in [-0.4, -0.2) is 31.1 Å². The van der Waals surface area contributed by atoms with E-state index < -0.39 is 0 Å². The van der Waals surface area contributed by atoms with E-state index in [1.807, 2.05) is 6.92 Å². The van der Waals surface area contributed by atoms with Crippen LogP contribution in [0.1, 0.15) is 34.6 Å². The molecule has 0 aliphatic heterocycles. The Labute approximate surface area is 87.9 Å². The van der Waals surface area contributed by atoms with E-state index in [-0.39, 0.29) is 11.4 Å². The van der Waals surface area contributed by atoms with E-state index in [4.69, 9.17) is 0 Å². The van der Waals surface area contributed by atoms with Gasteiger partial charge in [0.05, 0.1) is 0 Å². The second-order valence-corrected chi connectivity index (χ2v) is 4.82. The molecule has 0 atom stereocenters. The predicted molar refractivity (Wildman–Crippen MR) is 60.3 cm³/mol. The molecule has 3 nitrogen and oxygen atoms in total. The summed E-state index contributed by atoms with van der Waals surface area (Å²) in [6.45, 7) is 12.1. The van der Waals surface area contributed by atoms with Crippen LogP contribution in [0.15, 0.2) is 0 Å². The number of nitrogens with zero attached hydrogens (tertiary/aromatic N) is 1. The number of carbonyl (C=O) groups is 1. The third-order valence-corrected chi connectivity index (χ3v) is 3.08. The van der Waals surface area contributed by atoms with Crippen LogP contribution >= 0.6 is 0 Å². The lowest BCUT2D eigenvalue weighted by Gasteiger charge is -2.30. The van der Waals surface area contributed by atoms with E-state index in [1.165, 1.54) is 0 Å². The van der Waals surface area contributed by atoms with Gasteiger partial charge in [-0.3, -0.25) is 0 Å². The predicted octanol–water partition coefficient (Wildman–Crippen LogP) is 2.33. The minimum atomic E-state index is 0.0150. The molecule has 0 aromatic rings. The van der Waals surface area contributed by atoms with Gasteiger partial charge in [-0.1, -0.05) is 27.7 Å². The minimum Gasteiger partial charge on any atom is -0.337 e. The van der Waals surface area contributed by atoms with Gasteiger partial charge in [-0.25, -0.2) is 4.79 Å². The number of rotatable bonds is 4. The van der Waals surface area contributed by atoms with Crippen molar-refractivity contribution in [2.45, 2.75) is 34.6 Å². The van der Waals surface area contributed by atoms with E-state index >= 15 is 0 Å². The van der Waals surface area contributed by atoms with E-state index in [9.17, 15) is 4.79 Å². The van der Waals surface area contributed by atoms with E-state index in [2.05, 4.69) is 33.0 Å². The van der Waals surface area contributed by atoms with Gasteiger partial charge in [-0.2, -0.15) is 0 Å². The lowest BCUT2D eigenvalue weighted by Crippen LogP contribution is -2.43. The summed E-state index contributed by atoms with van der Waals surface area (Å²) >= 11 is 0. The summed E-state index contributed by atoms with van der Waals surface area (Å²) in [6.07, 6.45) is 0. The summed E-state index contributed by atoms with van der Waals surface area (Å²) < 4.78 is 0. The van der Waals surface area contributed by atoms with Gasteiger partial charge >= 0.3 is 6.03 Å². The Morgan fingerprint density at radius 2 is 1.93 bits per heavy atom. The number of nitrogens with one attached hydrogen (secondary N) is 1. The zero-order valence-electron chi connectivity index (χ0n) is 10.3. The Balaban J connectivity index is 4.00. The van der Waals surface area contributed by atoms with Crippen LogP contribution in [-0.2, 0) is 0 Å². The lowest BCUT2D eigenvalue weighted by molar-refractivity contribution is 0.193. The molecule has 2 amide bonds. The fraction of sp³-hybridized carbons (Fsp3) is 0.909. The highest BCUT2D eigenvalue weighted by molar-refractivity contribution is 5.73. The molecule has 0 aromatic heterocycles. The zero-order valence-corrected chi connectivity index (χ0v) is 10.3. The molecule has 3 heteroatoms. The van der Waals surface area contributed by atoms with Crippen molar-refractivity contribution in [2.24, 2.45) is 11.3 Å². The van der Waals surface area contributed by atoms with Crippen LogP contribution in [0.25, 0.3) is 0 Å². The maximum Gasteiger partial charge on any atom is 0.317 e. The van der Waals surface area contributed by atoms with Gasteiger partial charge in [0.1, 0.15) is 0 Å². The number of amides is 2. The second-order valence-electron chi connectivity index (χ2n) is 4.82. The van der Waals surface area contributed by atoms with Crippen LogP contribution < -0.4 is 5.32 Å². The molecule has 0 aliphatic rings. The van der Waals surface area contributed by atoms with Gasteiger partial charge in [0.2, 0.25) is 0 Å². The van der Waals surface area contributed by atoms with Gasteiger partial charge < -0.3 is 10.2 Å². The van der Waals surface area contributed by atoms with Crippen molar-refractivity contribution < 1.29 is 4.79 Å². The van der Waals surface area contributed by atoms with E-state index in [1.54, 1.807) is 11.9 Å². The monoisotopic (exact) mass is 200 g/mol. The molecule has 0 unspecified atom stereocenters. The molecule has 0 aliphatic carbocycles. The van der Waals surface area contributed by atoms with E-state index in [0.717, 1.165) is 13.1 Å². The summed E-state index contributed by atoms with van der Waals surface area (Å²) in [5, 5.41) is 2.94. The SMILES string of the molecule is CCN(C)C(=O)NCC(C)(C)C(C)C. The summed E-state index contributed by atoms with van der Waals surface area (Å²) in [5.41, 5.74) is 0.157. The van der Waals surface area contributed by atoms with Gasteiger partial charge in [0.25, 0.3) is 0 Å². The summed E-state index contributed by atoms with van der Waals surface area (Å²) in [7, 11) is 1.80. The highest BCUT2D eigenvalue weighted by atomic mass is 16.2. The normalized spacial score (nSPS) is 11.6. The van der Waals surface area contributed by atoms with Crippen molar-refractivity contribution >= 4 is 6.03 Å².